The molecule has 0 saturated heterocycles. The van der Waals surface area contributed by atoms with Crippen LogP contribution in [0.2, 0.25) is 0 Å². The molecule has 1 aliphatic rings. The molecule has 1 unspecified atom stereocenters. The Hall–Kier alpha value is -1.77. The predicted octanol–water partition coefficient (Wildman–Crippen LogP) is 2.64. The topological polar surface area (TPSA) is 40.5 Å². The third-order valence-corrected chi connectivity index (χ3v) is 3.14. The van der Waals surface area contributed by atoms with Gasteiger partial charge in [0.15, 0.2) is 0 Å². The number of carboxylic acids is 1. The molecule has 1 aromatic carbocycles. The minimum atomic E-state index is -0.724. The normalized spacial score (nSPS) is 18.6. The minimum absolute atomic E-state index is 0.119. The lowest BCUT2D eigenvalue weighted by Gasteiger charge is -2.17. The highest BCUT2D eigenvalue weighted by Crippen LogP contribution is 2.37. The van der Waals surface area contributed by atoms with Crippen LogP contribution in [0.1, 0.15) is 24.8 Å². The molecule has 2 rings (SSSR count). The number of hydrogen-bond donors (Lipinski definition) is 1. The van der Waals surface area contributed by atoms with Crippen LogP contribution < -0.4 is 4.90 Å². The molecule has 0 fully saturated rings. The number of para-hydroxylation sites is 1. The molecule has 1 heterocycles. The number of fused-ring (bicyclic) bond motifs is 1. The first-order chi connectivity index (χ1) is 8.22. The van der Waals surface area contributed by atoms with Gasteiger partial charge in [-0.15, -0.1) is 0 Å². The number of nitrogens with zero attached hydrogens (tertiary/aromatic N) is 1. The SMILES string of the molecule is C/C=C/CN1CC(CC(=O)O)c2ccccc21. The maximum absolute atomic E-state index is 10.9. The van der Waals surface area contributed by atoms with Crippen LogP contribution in [-0.2, 0) is 4.79 Å². The highest BCUT2D eigenvalue weighted by atomic mass is 16.4. The average Bonchev–Trinajstić information content (AvgIpc) is 2.65. The van der Waals surface area contributed by atoms with E-state index in [1.165, 1.54) is 11.3 Å². The highest BCUT2D eigenvalue weighted by molar-refractivity contribution is 5.71. The fraction of sp³-hybridized carbons (Fsp3) is 0.357. The van der Waals surface area contributed by atoms with Crippen molar-refractivity contribution in [2.24, 2.45) is 0 Å². The summed E-state index contributed by atoms with van der Waals surface area (Å²) < 4.78 is 0. The Balaban J connectivity index is 2.22. The van der Waals surface area contributed by atoms with Gasteiger partial charge in [-0.2, -0.15) is 0 Å². The standard InChI is InChI=1S/C14H17NO2/c1-2-3-8-15-10-11(9-14(16)17)12-6-4-5-7-13(12)15/h2-7,11H,8-10H2,1H3,(H,16,17)/b3-2+. The lowest BCUT2D eigenvalue weighted by atomic mass is 9.98. The second kappa shape index (κ2) is 5.04. The lowest BCUT2D eigenvalue weighted by Crippen LogP contribution is -2.22. The van der Waals surface area contributed by atoms with Crippen molar-refractivity contribution in [1.82, 2.24) is 0 Å². The van der Waals surface area contributed by atoms with Crippen molar-refractivity contribution >= 4 is 11.7 Å². The maximum Gasteiger partial charge on any atom is 0.304 e. The second-order valence-corrected chi connectivity index (χ2v) is 4.33. The first-order valence-electron chi connectivity index (χ1n) is 5.89. The summed E-state index contributed by atoms with van der Waals surface area (Å²) >= 11 is 0. The molecule has 0 radical (unpaired) electrons. The Morgan fingerprint density at radius 1 is 1.53 bits per heavy atom. The number of aliphatic carboxylic acids is 1. The predicted molar refractivity (Wildman–Crippen MR) is 68.5 cm³/mol. The van der Waals surface area contributed by atoms with Gasteiger partial charge < -0.3 is 10.0 Å². The maximum atomic E-state index is 10.9. The summed E-state index contributed by atoms with van der Waals surface area (Å²) in [6, 6.07) is 8.09. The number of carboxylic acid groups (broad SMARTS) is 1. The quantitative estimate of drug-likeness (QED) is 0.810. The van der Waals surface area contributed by atoms with Crippen molar-refractivity contribution in [3.05, 3.63) is 42.0 Å². The van der Waals surface area contributed by atoms with Crippen LogP contribution in [0.5, 0.6) is 0 Å². The first kappa shape index (κ1) is 11.7. The van der Waals surface area contributed by atoms with Crippen molar-refractivity contribution in [1.29, 1.82) is 0 Å². The van der Waals surface area contributed by atoms with Crippen molar-refractivity contribution in [3.8, 4) is 0 Å². The minimum Gasteiger partial charge on any atom is -0.481 e. The highest BCUT2D eigenvalue weighted by Gasteiger charge is 2.28. The monoisotopic (exact) mass is 231 g/mol. The number of rotatable bonds is 4. The van der Waals surface area contributed by atoms with Gasteiger partial charge in [0.2, 0.25) is 0 Å². The van der Waals surface area contributed by atoms with Crippen LogP contribution in [0.3, 0.4) is 0 Å². The van der Waals surface area contributed by atoms with Gasteiger partial charge in [0, 0.05) is 24.7 Å². The smallest absolute Gasteiger partial charge is 0.304 e. The molecule has 17 heavy (non-hydrogen) atoms. The van der Waals surface area contributed by atoms with E-state index < -0.39 is 5.97 Å². The van der Waals surface area contributed by atoms with E-state index in [1.54, 1.807) is 0 Å². The third kappa shape index (κ3) is 2.49. The van der Waals surface area contributed by atoms with Gasteiger partial charge >= 0.3 is 5.97 Å². The van der Waals surface area contributed by atoms with Gasteiger partial charge in [-0.3, -0.25) is 4.79 Å². The Morgan fingerprint density at radius 3 is 3.00 bits per heavy atom. The molecule has 1 N–H and O–H groups in total. The van der Waals surface area contributed by atoms with Crippen LogP contribution in [0.15, 0.2) is 36.4 Å². The lowest BCUT2D eigenvalue weighted by molar-refractivity contribution is -0.137. The van der Waals surface area contributed by atoms with Gasteiger partial charge in [0.1, 0.15) is 0 Å². The van der Waals surface area contributed by atoms with Crippen LogP contribution in [0.25, 0.3) is 0 Å². The zero-order valence-electron chi connectivity index (χ0n) is 9.97. The van der Waals surface area contributed by atoms with E-state index >= 15 is 0 Å². The second-order valence-electron chi connectivity index (χ2n) is 4.33. The molecule has 0 amide bonds. The fourth-order valence-corrected chi connectivity index (χ4v) is 2.37. The summed E-state index contributed by atoms with van der Waals surface area (Å²) in [4.78, 5) is 13.1. The molecule has 1 atom stereocenters. The Labute approximate surface area is 101 Å². The summed E-state index contributed by atoms with van der Waals surface area (Å²) in [5.74, 6) is -0.605. The molecule has 3 heteroatoms. The van der Waals surface area contributed by atoms with Crippen molar-refractivity contribution in [2.75, 3.05) is 18.0 Å². The molecular weight excluding hydrogens is 214 g/mol. The zero-order chi connectivity index (χ0) is 12.3. The molecule has 0 saturated carbocycles. The Morgan fingerprint density at radius 2 is 2.29 bits per heavy atom. The van der Waals surface area contributed by atoms with E-state index in [0.29, 0.717) is 0 Å². The average molecular weight is 231 g/mol. The summed E-state index contributed by atoms with van der Waals surface area (Å²) in [6.07, 6.45) is 4.33. The van der Waals surface area contributed by atoms with Gasteiger partial charge in [0.25, 0.3) is 0 Å². The van der Waals surface area contributed by atoms with Gasteiger partial charge in [-0.1, -0.05) is 30.4 Å². The molecule has 0 bridgehead atoms. The van der Waals surface area contributed by atoms with Crippen LogP contribution in [0, 0.1) is 0 Å². The van der Waals surface area contributed by atoms with Crippen molar-refractivity contribution < 1.29 is 9.90 Å². The summed E-state index contributed by atoms with van der Waals surface area (Å²) in [6.45, 7) is 3.65. The van der Waals surface area contributed by atoms with Gasteiger partial charge in [0.05, 0.1) is 6.42 Å². The molecule has 1 aromatic rings. The van der Waals surface area contributed by atoms with E-state index in [1.807, 2.05) is 31.2 Å². The summed E-state index contributed by atoms with van der Waals surface area (Å²) in [5, 5.41) is 8.93. The number of allylic oxidation sites excluding steroid dienone is 1. The number of anilines is 1. The molecule has 3 nitrogen and oxygen atoms in total. The van der Waals surface area contributed by atoms with Crippen LogP contribution in [-0.4, -0.2) is 24.2 Å². The van der Waals surface area contributed by atoms with Crippen LogP contribution in [0.4, 0.5) is 5.69 Å². The van der Waals surface area contributed by atoms with Crippen molar-refractivity contribution in [2.45, 2.75) is 19.3 Å². The summed E-state index contributed by atoms with van der Waals surface area (Å²) in [7, 11) is 0. The summed E-state index contributed by atoms with van der Waals surface area (Å²) in [5.41, 5.74) is 2.34. The molecule has 0 aromatic heterocycles. The molecule has 0 spiro atoms. The number of carbonyl (C=O) groups is 1. The van der Waals surface area contributed by atoms with E-state index in [0.717, 1.165) is 13.1 Å². The number of benzene rings is 1. The van der Waals surface area contributed by atoms with Crippen molar-refractivity contribution in [3.63, 3.8) is 0 Å². The van der Waals surface area contributed by atoms with E-state index in [2.05, 4.69) is 17.0 Å². The zero-order valence-corrected chi connectivity index (χ0v) is 9.97. The molecule has 0 aliphatic carbocycles. The van der Waals surface area contributed by atoms with Crippen LogP contribution >= 0.6 is 0 Å². The van der Waals surface area contributed by atoms with E-state index in [4.69, 9.17) is 5.11 Å². The van der Waals surface area contributed by atoms with Gasteiger partial charge in [-0.25, -0.2) is 0 Å². The molecule has 90 valence electrons. The third-order valence-electron chi connectivity index (χ3n) is 3.14. The van der Waals surface area contributed by atoms with E-state index in [-0.39, 0.29) is 12.3 Å². The number of hydrogen-bond acceptors (Lipinski definition) is 2. The molecule has 1 aliphatic heterocycles. The largest absolute Gasteiger partial charge is 0.481 e. The fourth-order valence-electron chi connectivity index (χ4n) is 2.37. The Bertz CT molecular complexity index is 440. The molecular formula is C14H17NO2. The van der Waals surface area contributed by atoms with Gasteiger partial charge in [-0.05, 0) is 18.6 Å². The van der Waals surface area contributed by atoms with E-state index in [9.17, 15) is 4.79 Å². The first-order valence-corrected chi connectivity index (χ1v) is 5.89. The Kier molecular flexibility index (Phi) is 3.47.